The number of nitrogens with zero attached hydrogens (tertiary/aromatic N) is 1. The smallest absolute Gasteiger partial charge is 0.119 e. The second-order valence-electron chi connectivity index (χ2n) is 1.46. The van der Waals surface area contributed by atoms with Crippen molar-refractivity contribution in [2.75, 3.05) is 0 Å². The molecule has 1 unspecified atom stereocenters. The number of aliphatic imine (C=N–C) groups is 1. The van der Waals surface area contributed by atoms with E-state index in [9.17, 15) is 0 Å². The first-order valence-corrected chi connectivity index (χ1v) is 2.53. The molecule has 0 amide bonds. The van der Waals surface area contributed by atoms with Gasteiger partial charge in [-0.25, -0.2) is 0 Å². The third-order valence-electron chi connectivity index (χ3n) is 0.767. The van der Waals surface area contributed by atoms with Crippen molar-refractivity contribution in [3.63, 3.8) is 0 Å². The molecule has 1 rings (SSSR count). The lowest BCUT2D eigenvalue weighted by Crippen LogP contribution is -2.22. The standard InChI is InChI=1S/C4H6N2S/c1-3-5-2-4(7)6-3/h2-3H,1H3,(H,6,7). The summed E-state index contributed by atoms with van der Waals surface area (Å²) in [7, 11) is 0. The number of thiocarbonyl (C=S) groups is 1. The molecule has 3 heteroatoms. The molecule has 1 atom stereocenters. The molecule has 0 aromatic rings. The van der Waals surface area contributed by atoms with Gasteiger partial charge in [0.15, 0.2) is 0 Å². The van der Waals surface area contributed by atoms with Crippen molar-refractivity contribution in [1.82, 2.24) is 5.32 Å². The zero-order chi connectivity index (χ0) is 5.28. The number of nitrogens with one attached hydrogen (secondary N) is 1. The van der Waals surface area contributed by atoms with Crippen LogP contribution in [-0.2, 0) is 0 Å². The summed E-state index contributed by atoms with van der Waals surface area (Å²) in [5.41, 5.74) is 0. The van der Waals surface area contributed by atoms with Crippen LogP contribution in [-0.4, -0.2) is 17.4 Å². The molecule has 1 aliphatic rings. The van der Waals surface area contributed by atoms with Crippen LogP contribution in [0.25, 0.3) is 0 Å². The predicted octanol–water partition coefficient (Wildman–Crippen LogP) is 0.334. The fraction of sp³-hybridized carbons (Fsp3) is 0.500. The molecular formula is C4H6N2S. The maximum Gasteiger partial charge on any atom is 0.119 e. The summed E-state index contributed by atoms with van der Waals surface area (Å²) in [5.74, 6) is 0. The van der Waals surface area contributed by atoms with Gasteiger partial charge in [0.2, 0.25) is 0 Å². The summed E-state index contributed by atoms with van der Waals surface area (Å²) in [4.78, 5) is 4.68. The van der Waals surface area contributed by atoms with Gasteiger partial charge in [0, 0.05) is 0 Å². The van der Waals surface area contributed by atoms with Crippen LogP contribution in [0.5, 0.6) is 0 Å². The normalized spacial score (nSPS) is 28.1. The zero-order valence-electron chi connectivity index (χ0n) is 4.01. The van der Waals surface area contributed by atoms with Crippen LogP contribution in [0.4, 0.5) is 0 Å². The number of hydrogen-bond acceptors (Lipinski definition) is 2. The van der Waals surface area contributed by atoms with Crippen LogP contribution in [0.3, 0.4) is 0 Å². The van der Waals surface area contributed by atoms with E-state index in [1.54, 1.807) is 6.21 Å². The molecule has 7 heavy (non-hydrogen) atoms. The van der Waals surface area contributed by atoms with Crippen molar-refractivity contribution in [3.05, 3.63) is 0 Å². The largest absolute Gasteiger partial charge is 0.354 e. The first-order valence-electron chi connectivity index (χ1n) is 2.13. The van der Waals surface area contributed by atoms with Gasteiger partial charge in [-0.15, -0.1) is 0 Å². The molecule has 0 radical (unpaired) electrons. The fourth-order valence-electron chi connectivity index (χ4n) is 0.460. The Labute approximate surface area is 47.6 Å². The van der Waals surface area contributed by atoms with Crippen molar-refractivity contribution in [2.45, 2.75) is 13.1 Å². The van der Waals surface area contributed by atoms with Crippen molar-refractivity contribution < 1.29 is 0 Å². The Balaban J connectivity index is 2.58. The Morgan fingerprint density at radius 2 is 2.71 bits per heavy atom. The van der Waals surface area contributed by atoms with E-state index in [0.29, 0.717) is 0 Å². The molecule has 0 aromatic carbocycles. The molecule has 2 nitrogen and oxygen atoms in total. The van der Waals surface area contributed by atoms with Gasteiger partial charge in [0.1, 0.15) is 11.2 Å². The van der Waals surface area contributed by atoms with E-state index < -0.39 is 0 Å². The zero-order valence-corrected chi connectivity index (χ0v) is 4.83. The quantitative estimate of drug-likeness (QED) is 0.459. The highest BCUT2D eigenvalue weighted by Gasteiger charge is 2.03. The molecule has 1 aliphatic heterocycles. The Morgan fingerprint density at radius 3 is 2.86 bits per heavy atom. The van der Waals surface area contributed by atoms with E-state index in [1.165, 1.54) is 0 Å². The van der Waals surface area contributed by atoms with E-state index in [0.717, 1.165) is 4.99 Å². The number of rotatable bonds is 0. The minimum absolute atomic E-state index is 0.201. The Morgan fingerprint density at radius 1 is 2.00 bits per heavy atom. The van der Waals surface area contributed by atoms with Crippen LogP contribution in [0, 0.1) is 0 Å². The highest BCUT2D eigenvalue weighted by Crippen LogP contribution is 1.89. The molecule has 1 N–H and O–H groups in total. The minimum atomic E-state index is 0.201. The Hall–Kier alpha value is -0.440. The van der Waals surface area contributed by atoms with Crippen LogP contribution in [0.15, 0.2) is 4.99 Å². The van der Waals surface area contributed by atoms with Crippen molar-refractivity contribution >= 4 is 23.4 Å². The monoisotopic (exact) mass is 114 g/mol. The highest BCUT2D eigenvalue weighted by atomic mass is 32.1. The van der Waals surface area contributed by atoms with Gasteiger partial charge in [-0.1, -0.05) is 12.2 Å². The lowest BCUT2D eigenvalue weighted by molar-refractivity contribution is 0.733. The molecule has 38 valence electrons. The van der Waals surface area contributed by atoms with Gasteiger partial charge in [-0.3, -0.25) is 4.99 Å². The first-order chi connectivity index (χ1) is 3.29. The third kappa shape index (κ3) is 0.962. The number of hydrogen-bond donors (Lipinski definition) is 1. The highest BCUT2D eigenvalue weighted by molar-refractivity contribution is 7.81. The molecular weight excluding hydrogens is 108 g/mol. The van der Waals surface area contributed by atoms with E-state index >= 15 is 0 Å². The molecule has 1 heterocycles. The van der Waals surface area contributed by atoms with E-state index in [4.69, 9.17) is 12.2 Å². The second-order valence-corrected chi connectivity index (χ2v) is 1.90. The lowest BCUT2D eigenvalue weighted by atomic mass is 10.6. The van der Waals surface area contributed by atoms with Crippen LogP contribution < -0.4 is 5.32 Å². The summed E-state index contributed by atoms with van der Waals surface area (Å²) >= 11 is 4.74. The second kappa shape index (κ2) is 1.58. The molecule has 0 bridgehead atoms. The lowest BCUT2D eigenvalue weighted by Gasteiger charge is -1.96. The molecule has 0 saturated carbocycles. The maximum atomic E-state index is 4.74. The van der Waals surface area contributed by atoms with Crippen LogP contribution >= 0.6 is 12.2 Å². The topological polar surface area (TPSA) is 24.4 Å². The SMILES string of the molecule is CC1N=CC(=S)N1. The van der Waals surface area contributed by atoms with Crippen LogP contribution in [0.2, 0.25) is 0 Å². The fourth-order valence-corrected chi connectivity index (χ4v) is 0.691. The Bertz CT molecular complexity index is 119. The minimum Gasteiger partial charge on any atom is -0.354 e. The molecule has 0 spiro atoms. The third-order valence-corrected chi connectivity index (χ3v) is 0.990. The van der Waals surface area contributed by atoms with E-state index in [-0.39, 0.29) is 6.17 Å². The van der Waals surface area contributed by atoms with Gasteiger partial charge in [-0.2, -0.15) is 0 Å². The summed E-state index contributed by atoms with van der Waals surface area (Å²) in [6.07, 6.45) is 1.87. The van der Waals surface area contributed by atoms with Gasteiger partial charge in [-0.05, 0) is 6.92 Å². The van der Waals surface area contributed by atoms with E-state index in [1.807, 2.05) is 6.92 Å². The van der Waals surface area contributed by atoms with Gasteiger partial charge < -0.3 is 5.32 Å². The average Bonchev–Trinajstić information content (AvgIpc) is 1.87. The molecule has 0 saturated heterocycles. The summed E-state index contributed by atoms with van der Waals surface area (Å²) in [6, 6.07) is 0. The van der Waals surface area contributed by atoms with Crippen molar-refractivity contribution in [1.29, 1.82) is 0 Å². The first kappa shape index (κ1) is 4.71. The summed E-state index contributed by atoms with van der Waals surface area (Å²) < 4.78 is 0. The van der Waals surface area contributed by atoms with Gasteiger partial charge in [0.25, 0.3) is 0 Å². The molecule has 0 fully saturated rings. The molecule has 0 aliphatic carbocycles. The average molecular weight is 114 g/mol. The summed E-state index contributed by atoms with van der Waals surface area (Å²) in [6.45, 7) is 1.95. The van der Waals surface area contributed by atoms with Crippen molar-refractivity contribution in [3.8, 4) is 0 Å². The summed E-state index contributed by atoms with van der Waals surface area (Å²) in [5, 5.41) is 2.93. The Kier molecular flexibility index (Phi) is 1.06. The van der Waals surface area contributed by atoms with Gasteiger partial charge >= 0.3 is 0 Å². The van der Waals surface area contributed by atoms with Crippen LogP contribution in [0.1, 0.15) is 6.92 Å². The molecule has 0 aromatic heterocycles. The van der Waals surface area contributed by atoms with E-state index in [2.05, 4.69) is 10.3 Å². The van der Waals surface area contributed by atoms with Crippen molar-refractivity contribution in [2.24, 2.45) is 4.99 Å². The predicted molar refractivity (Wildman–Crippen MR) is 33.7 cm³/mol. The maximum absolute atomic E-state index is 4.74. The van der Waals surface area contributed by atoms with Gasteiger partial charge in [0.05, 0.1) is 6.21 Å².